The number of fused-ring (bicyclic) bond motifs is 2. The summed E-state index contributed by atoms with van der Waals surface area (Å²) < 4.78 is 10.8. The first-order valence-corrected chi connectivity index (χ1v) is 8.68. The maximum absolute atomic E-state index is 6.33. The normalized spacial score (nSPS) is 12.9. The highest BCUT2D eigenvalue weighted by molar-refractivity contribution is 6.32. The van der Waals surface area contributed by atoms with E-state index in [1.54, 1.807) is 20.3 Å². The number of nitrogens with one attached hydrogen (secondary N) is 1. The van der Waals surface area contributed by atoms with E-state index < -0.39 is 0 Å². The van der Waals surface area contributed by atoms with Crippen molar-refractivity contribution in [1.29, 1.82) is 0 Å². The molecule has 3 aromatic rings. The molecule has 1 heterocycles. The van der Waals surface area contributed by atoms with E-state index in [1.165, 1.54) is 11.3 Å². The second-order valence-electron chi connectivity index (χ2n) is 6.09. The Hall–Kier alpha value is -2.46. The molecule has 1 aliphatic rings. The molecule has 5 heteroatoms. The molecule has 0 unspecified atom stereocenters. The minimum atomic E-state index is 0.542. The maximum atomic E-state index is 6.33. The van der Waals surface area contributed by atoms with Gasteiger partial charge in [-0.1, -0.05) is 29.8 Å². The van der Waals surface area contributed by atoms with Crippen LogP contribution in [0.25, 0.3) is 10.9 Å². The fourth-order valence-electron chi connectivity index (χ4n) is 3.45. The van der Waals surface area contributed by atoms with Crippen molar-refractivity contribution < 1.29 is 9.47 Å². The smallest absolute Gasteiger partial charge is 0.146 e. The van der Waals surface area contributed by atoms with Gasteiger partial charge in [0.25, 0.3) is 0 Å². The number of benzene rings is 2. The van der Waals surface area contributed by atoms with E-state index in [2.05, 4.69) is 17.4 Å². The third-order valence-electron chi connectivity index (χ3n) is 4.65. The average molecular weight is 355 g/mol. The van der Waals surface area contributed by atoms with Crippen molar-refractivity contribution in [2.45, 2.75) is 19.3 Å². The Bertz CT molecular complexity index is 956. The summed E-state index contributed by atoms with van der Waals surface area (Å²) in [5.74, 6) is 1.28. The van der Waals surface area contributed by atoms with Crippen LogP contribution in [0.15, 0.2) is 36.4 Å². The summed E-state index contributed by atoms with van der Waals surface area (Å²) in [6.45, 7) is 0. The van der Waals surface area contributed by atoms with Gasteiger partial charge in [-0.2, -0.15) is 0 Å². The predicted molar refractivity (Wildman–Crippen MR) is 102 cm³/mol. The van der Waals surface area contributed by atoms with Gasteiger partial charge in [-0.25, -0.2) is 0 Å². The number of pyridine rings is 1. The van der Waals surface area contributed by atoms with Crippen LogP contribution >= 0.6 is 11.6 Å². The van der Waals surface area contributed by atoms with E-state index >= 15 is 0 Å². The zero-order chi connectivity index (χ0) is 17.4. The van der Waals surface area contributed by atoms with Crippen molar-refractivity contribution in [1.82, 2.24) is 4.98 Å². The van der Waals surface area contributed by atoms with Crippen LogP contribution in [-0.4, -0.2) is 19.2 Å². The van der Waals surface area contributed by atoms with Crippen LogP contribution in [0.3, 0.4) is 0 Å². The van der Waals surface area contributed by atoms with Crippen LogP contribution in [0.5, 0.6) is 11.5 Å². The molecule has 0 saturated heterocycles. The van der Waals surface area contributed by atoms with Crippen LogP contribution in [-0.2, 0) is 12.8 Å². The largest absolute Gasteiger partial charge is 0.495 e. The summed E-state index contributed by atoms with van der Waals surface area (Å²) in [5, 5.41) is 5.20. The monoisotopic (exact) mass is 354 g/mol. The number of halogens is 1. The summed E-state index contributed by atoms with van der Waals surface area (Å²) in [4.78, 5) is 4.83. The Kier molecular flexibility index (Phi) is 4.14. The van der Waals surface area contributed by atoms with E-state index in [4.69, 9.17) is 26.1 Å². The minimum Gasteiger partial charge on any atom is -0.495 e. The third-order valence-corrected chi connectivity index (χ3v) is 4.95. The molecule has 0 radical (unpaired) electrons. The van der Waals surface area contributed by atoms with Crippen molar-refractivity contribution in [3.05, 3.63) is 52.7 Å². The lowest BCUT2D eigenvalue weighted by molar-refractivity contribution is 0.396. The lowest BCUT2D eigenvalue weighted by Crippen LogP contribution is -2.02. The van der Waals surface area contributed by atoms with E-state index in [0.717, 1.165) is 41.5 Å². The molecule has 4 rings (SSSR count). The van der Waals surface area contributed by atoms with Gasteiger partial charge in [0, 0.05) is 17.1 Å². The zero-order valence-corrected chi connectivity index (χ0v) is 15.0. The number of aryl methyl sites for hydroxylation is 1. The molecule has 0 amide bonds. The Morgan fingerprint density at radius 1 is 1.04 bits per heavy atom. The highest BCUT2D eigenvalue weighted by Crippen LogP contribution is 2.41. The second-order valence-corrected chi connectivity index (χ2v) is 6.50. The predicted octanol–water partition coefficient (Wildman–Crippen LogP) is 5.14. The summed E-state index contributed by atoms with van der Waals surface area (Å²) in [6, 6.07) is 11.8. The Labute approximate surface area is 151 Å². The number of methoxy groups -OCH3 is 2. The number of nitrogens with zero attached hydrogens (tertiary/aromatic N) is 1. The molecule has 25 heavy (non-hydrogen) atoms. The number of hydrogen-bond acceptors (Lipinski definition) is 4. The molecular formula is C20H19ClN2O2. The lowest BCUT2D eigenvalue weighted by atomic mass is 10.1. The maximum Gasteiger partial charge on any atom is 0.146 e. The fraction of sp³-hybridized carbons (Fsp3) is 0.250. The van der Waals surface area contributed by atoms with E-state index in [-0.39, 0.29) is 0 Å². The van der Waals surface area contributed by atoms with Gasteiger partial charge < -0.3 is 14.8 Å². The molecule has 0 fully saturated rings. The second kappa shape index (κ2) is 6.45. The molecular weight excluding hydrogens is 336 g/mol. The number of anilines is 2. The van der Waals surface area contributed by atoms with Crippen molar-refractivity contribution in [3.63, 3.8) is 0 Å². The van der Waals surface area contributed by atoms with Crippen molar-refractivity contribution >= 4 is 33.9 Å². The van der Waals surface area contributed by atoms with E-state index in [1.807, 2.05) is 18.2 Å². The number of ether oxygens (including phenoxy) is 2. The highest BCUT2D eigenvalue weighted by Gasteiger charge is 2.21. The van der Waals surface area contributed by atoms with E-state index in [0.29, 0.717) is 16.5 Å². The molecule has 2 aromatic carbocycles. The average Bonchev–Trinajstić information content (AvgIpc) is 3.10. The molecule has 1 aromatic heterocycles. The van der Waals surface area contributed by atoms with Crippen LogP contribution in [0.2, 0.25) is 5.02 Å². The molecule has 0 spiro atoms. The van der Waals surface area contributed by atoms with Crippen molar-refractivity contribution in [2.75, 3.05) is 19.5 Å². The van der Waals surface area contributed by atoms with Crippen molar-refractivity contribution in [2.24, 2.45) is 0 Å². The van der Waals surface area contributed by atoms with E-state index in [9.17, 15) is 0 Å². The molecule has 1 N–H and O–H groups in total. The van der Waals surface area contributed by atoms with Gasteiger partial charge in [-0.3, -0.25) is 4.98 Å². The Morgan fingerprint density at radius 2 is 1.84 bits per heavy atom. The highest BCUT2D eigenvalue weighted by atomic mass is 35.5. The van der Waals surface area contributed by atoms with Crippen LogP contribution < -0.4 is 14.8 Å². The van der Waals surface area contributed by atoms with Gasteiger partial charge in [0.2, 0.25) is 0 Å². The molecule has 4 nitrogen and oxygen atoms in total. The topological polar surface area (TPSA) is 43.4 Å². The first-order valence-electron chi connectivity index (χ1n) is 8.30. The van der Waals surface area contributed by atoms with Crippen LogP contribution in [0, 0.1) is 0 Å². The van der Waals surface area contributed by atoms with Crippen LogP contribution in [0.1, 0.15) is 17.7 Å². The van der Waals surface area contributed by atoms with Gasteiger partial charge in [0.1, 0.15) is 11.5 Å². The molecule has 0 atom stereocenters. The fourth-order valence-corrected chi connectivity index (χ4v) is 3.69. The molecule has 128 valence electrons. The van der Waals surface area contributed by atoms with Gasteiger partial charge in [-0.15, -0.1) is 0 Å². The summed E-state index contributed by atoms with van der Waals surface area (Å²) in [5.41, 5.74) is 5.38. The summed E-state index contributed by atoms with van der Waals surface area (Å²) in [6.07, 6.45) is 3.19. The van der Waals surface area contributed by atoms with Gasteiger partial charge >= 0.3 is 0 Å². The molecule has 0 aliphatic heterocycles. The summed E-state index contributed by atoms with van der Waals surface area (Å²) >= 11 is 6.33. The van der Waals surface area contributed by atoms with Crippen molar-refractivity contribution in [3.8, 4) is 11.5 Å². The Balaban J connectivity index is 1.88. The molecule has 1 aliphatic carbocycles. The van der Waals surface area contributed by atoms with Gasteiger partial charge in [0.15, 0.2) is 0 Å². The lowest BCUT2D eigenvalue weighted by Gasteiger charge is -2.18. The SMILES string of the molecule is COc1cc(OC)c(Nc2c3c(nc4ccccc24)CCC3)cc1Cl. The van der Waals surface area contributed by atoms with Gasteiger partial charge in [0.05, 0.1) is 36.1 Å². The standard InChI is InChI=1S/C20H19ClN2O2/c1-24-18-11-19(25-2)17(10-14(18)21)23-20-12-6-3-4-8-15(12)22-16-9-5-7-13(16)20/h3-4,6,8,10-11H,5,7,9H2,1-2H3,(H,22,23). The molecule has 0 bridgehead atoms. The number of para-hydroxylation sites is 1. The third kappa shape index (κ3) is 2.76. The Morgan fingerprint density at radius 3 is 2.64 bits per heavy atom. The van der Waals surface area contributed by atoms with Crippen LogP contribution in [0.4, 0.5) is 11.4 Å². The molecule has 0 saturated carbocycles. The zero-order valence-electron chi connectivity index (χ0n) is 14.2. The number of rotatable bonds is 4. The number of hydrogen-bond donors (Lipinski definition) is 1. The first-order chi connectivity index (χ1) is 12.2. The van der Waals surface area contributed by atoms with Gasteiger partial charge in [-0.05, 0) is 37.0 Å². The quantitative estimate of drug-likeness (QED) is 0.704. The summed E-state index contributed by atoms with van der Waals surface area (Å²) in [7, 11) is 3.24. The first kappa shape index (κ1) is 16.0. The number of aromatic nitrogens is 1. The minimum absolute atomic E-state index is 0.542.